The molecule has 0 radical (unpaired) electrons. The maximum absolute atomic E-state index is 13.5. The summed E-state index contributed by atoms with van der Waals surface area (Å²) in [5.74, 6) is -0.654. The highest BCUT2D eigenvalue weighted by Gasteiger charge is 2.47. The van der Waals surface area contributed by atoms with E-state index in [0.29, 0.717) is 46.5 Å². The number of likely N-dealkylation sites (N-methyl/N-ethyl adjacent to an activating group) is 1. The van der Waals surface area contributed by atoms with Gasteiger partial charge in [-0.15, -0.1) is 0 Å². The van der Waals surface area contributed by atoms with E-state index in [-0.39, 0.29) is 11.3 Å². The molecule has 0 aliphatic carbocycles. The van der Waals surface area contributed by atoms with Crippen molar-refractivity contribution in [2.24, 2.45) is 0 Å². The Kier molecular flexibility index (Phi) is 6.67. The van der Waals surface area contributed by atoms with Gasteiger partial charge in [0.15, 0.2) is 0 Å². The number of aliphatic hydroxyl groups is 1. The second kappa shape index (κ2) is 9.95. The van der Waals surface area contributed by atoms with Gasteiger partial charge in [0, 0.05) is 38.1 Å². The minimum Gasteiger partial charge on any atom is -0.507 e. The molecule has 1 saturated heterocycles. The number of nitrogens with zero attached hydrogens (tertiary/aromatic N) is 3. The summed E-state index contributed by atoms with van der Waals surface area (Å²) >= 11 is 6.39. The van der Waals surface area contributed by atoms with Crippen LogP contribution in [0.25, 0.3) is 5.76 Å². The summed E-state index contributed by atoms with van der Waals surface area (Å²) in [4.78, 5) is 32.3. The lowest BCUT2D eigenvalue weighted by Gasteiger charge is -2.28. The van der Waals surface area contributed by atoms with Crippen LogP contribution in [0.4, 0.5) is 17.1 Å². The van der Waals surface area contributed by atoms with E-state index in [1.807, 2.05) is 55.2 Å². The van der Waals surface area contributed by atoms with Gasteiger partial charge in [-0.3, -0.25) is 14.5 Å². The number of carbonyl (C=O) groups is 2. The zero-order valence-corrected chi connectivity index (χ0v) is 22.3. The molecule has 1 N–H and O–H groups in total. The van der Waals surface area contributed by atoms with E-state index in [9.17, 15) is 14.7 Å². The number of amides is 1. The molecule has 2 heterocycles. The van der Waals surface area contributed by atoms with E-state index in [1.54, 1.807) is 36.4 Å². The van der Waals surface area contributed by atoms with E-state index >= 15 is 0 Å². The van der Waals surface area contributed by atoms with Crippen LogP contribution in [0.5, 0.6) is 11.5 Å². The third-order valence-corrected chi connectivity index (χ3v) is 7.21. The molecule has 1 fully saturated rings. The lowest BCUT2D eigenvalue weighted by Crippen LogP contribution is -2.29. The Morgan fingerprint density at radius 1 is 1.08 bits per heavy atom. The van der Waals surface area contributed by atoms with Crippen molar-refractivity contribution >= 4 is 46.1 Å². The molecule has 1 amide bonds. The van der Waals surface area contributed by atoms with Crippen molar-refractivity contribution in [3.63, 3.8) is 0 Å². The minimum atomic E-state index is -0.874. The molecule has 38 heavy (non-hydrogen) atoms. The smallest absolute Gasteiger partial charge is 0.300 e. The molecular weight excluding hydrogens is 506 g/mol. The fourth-order valence-corrected chi connectivity index (χ4v) is 5.08. The van der Waals surface area contributed by atoms with Gasteiger partial charge in [-0.25, -0.2) is 0 Å². The molecule has 0 bridgehead atoms. The first-order valence-electron chi connectivity index (χ1n) is 12.1. The number of ether oxygens (including phenoxy) is 2. The van der Waals surface area contributed by atoms with Crippen molar-refractivity contribution in [2.75, 3.05) is 56.1 Å². The molecule has 1 unspecified atom stereocenters. The van der Waals surface area contributed by atoms with E-state index in [1.165, 1.54) is 12.0 Å². The number of hydrogen-bond donors (Lipinski definition) is 1. The Bertz CT molecular complexity index is 1450. The molecule has 2 aliphatic rings. The third-order valence-electron chi connectivity index (χ3n) is 6.91. The fraction of sp³-hybridized carbons (Fsp3) is 0.241. The zero-order chi connectivity index (χ0) is 27.1. The van der Waals surface area contributed by atoms with Gasteiger partial charge in [-0.2, -0.15) is 0 Å². The van der Waals surface area contributed by atoms with Gasteiger partial charge in [0.1, 0.15) is 23.9 Å². The van der Waals surface area contributed by atoms with Crippen molar-refractivity contribution in [3.05, 3.63) is 82.4 Å². The lowest BCUT2D eigenvalue weighted by molar-refractivity contribution is -0.132. The number of aliphatic hydroxyl groups excluding tert-OH is 1. The number of rotatable bonds is 5. The SMILES string of the molecule is COc1ccc(N2C(=O)C(=O)/C(=C(\O)c3ccc4c(c3)N(C)CCO4)C2c2ccc(N(C)C)cc2)cc1Cl. The highest BCUT2D eigenvalue weighted by molar-refractivity contribution is 6.52. The maximum Gasteiger partial charge on any atom is 0.300 e. The van der Waals surface area contributed by atoms with Gasteiger partial charge in [-0.1, -0.05) is 23.7 Å². The number of methoxy groups -OCH3 is 1. The van der Waals surface area contributed by atoms with Crippen molar-refractivity contribution in [2.45, 2.75) is 6.04 Å². The van der Waals surface area contributed by atoms with Crippen LogP contribution in [-0.4, -0.2) is 58.2 Å². The Labute approximate surface area is 226 Å². The number of ketones is 1. The molecule has 5 rings (SSSR count). The first kappa shape index (κ1) is 25.5. The van der Waals surface area contributed by atoms with Crippen molar-refractivity contribution in [3.8, 4) is 11.5 Å². The largest absolute Gasteiger partial charge is 0.507 e. The number of Topliss-reactive ketones (excluding diaryl/α,β-unsaturated/α-hetero) is 1. The Hall–Kier alpha value is -4.17. The summed E-state index contributed by atoms with van der Waals surface area (Å²) in [6, 6.07) is 16.8. The second-order valence-electron chi connectivity index (χ2n) is 9.43. The first-order valence-corrected chi connectivity index (χ1v) is 12.5. The summed E-state index contributed by atoms with van der Waals surface area (Å²) < 4.78 is 11.0. The van der Waals surface area contributed by atoms with Crippen LogP contribution in [0.2, 0.25) is 5.02 Å². The fourth-order valence-electron chi connectivity index (χ4n) is 4.83. The molecule has 0 aromatic heterocycles. The Balaban J connectivity index is 1.69. The number of halogens is 1. The average molecular weight is 534 g/mol. The molecule has 3 aromatic carbocycles. The highest BCUT2D eigenvalue weighted by atomic mass is 35.5. The summed E-state index contributed by atoms with van der Waals surface area (Å²) in [6.45, 7) is 1.26. The van der Waals surface area contributed by atoms with Crippen LogP contribution in [0.3, 0.4) is 0 Å². The monoisotopic (exact) mass is 533 g/mol. The number of fused-ring (bicyclic) bond motifs is 1. The number of anilines is 3. The van der Waals surface area contributed by atoms with Gasteiger partial charge in [0.2, 0.25) is 0 Å². The third kappa shape index (κ3) is 4.31. The quantitative estimate of drug-likeness (QED) is 0.284. The number of benzene rings is 3. The van der Waals surface area contributed by atoms with Gasteiger partial charge < -0.3 is 24.4 Å². The topological polar surface area (TPSA) is 82.5 Å². The lowest BCUT2D eigenvalue weighted by atomic mass is 9.94. The molecule has 1 atom stereocenters. The first-order chi connectivity index (χ1) is 18.2. The van der Waals surface area contributed by atoms with Gasteiger partial charge in [0.25, 0.3) is 11.7 Å². The van der Waals surface area contributed by atoms with Gasteiger partial charge in [-0.05, 0) is 54.1 Å². The van der Waals surface area contributed by atoms with E-state index in [2.05, 4.69) is 0 Å². The van der Waals surface area contributed by atoms with Crippen LogP contribution in [0.15, 0.2) is 66.2 Å². The molecule has 8 nitrogen and oxygen atoms in total. The van der Waals surface area contributed by atoms with E-state index in [4.69, 9.17) is 21.1 Å². The van der Waals surface area contributed by atoms with Crippen molar-refractivity contribution in [1.82, 2.24) is 0 Å². The summed E-state index contributed by atoms with van der Waals surface area (Å²) in [5.41, 5.74) is 3.25. The van der Waals surface area contributed by atoms with Crippen LogP contribution in [0, 0.1) is 0 Å². The molecular formula is C29H28ClN3O5. The predicted octanol–water partition coefficient (Wildman–Crippen LogP) is 4.87. The van der Waals surface area contributed by atoms with Crippen LogP contribution in [0.1, 0.15) is 17.2 Å². The second-order valence-corrected chi connectivity index (χ2v) is 9.83. The minimum absolute atomic E-state index is 0.00104. The molecule has 9 heteroatoms. The van der Waals surface area contributed by atoms with Crippen LogP contribution in [-0.2, 0) is 9.59 Å². The summed E-state index contributed by atoms with van der Waals surface area (Å²) in [6.07, 6.45) is 0. The van der Waals surface area contributed by atoms with Crippen LogP contribution >= 0.6 is 11.6 Å². The summed E-state index contributed by atoms with van der Waals surface area (Å²) in [7, 11) is 7.29. The molecule has 0 spiro atoms. The van der Waals surface area contributed by atoms with Crippen molar-refractivity contribution < 1.29 is 24.2 Å². The predicted molar refractivity (Wildman–Crippen MR) is 149 cm³/mol. The Morgan fingerprint density at radius 2 is 1.82 bits per heavy atom. The van der Waals surface area contributed by atoms with Crippen molar-refractivity contribution in [1.29, 1.82) is 0 Å². The molecule has 196 valence electrons. The zero-order valence-electron chi connectivity index (χ0n) is 21.6. The van der Waals surface area contributed by atoms with Gasteiger partial charge in [0.05, 0.1) is 36.0 Å². The Morgan fingerprint density at radius 3 is 2.47 bits per heavy atom. The van der Waals surface area contributed by atoms with Crippen LogP contribution < -0.4 is 24.2 Å². The maximum atomic E-state index is 13.5. The molecule has 3 aromatic rings. The normalized spacial score (nSPS) is 18.3. The molecule has 0 saturated carbocycles. The highest BCUT2D eigenvalue weighted by Crippen LogP contribution is 2.44. The summed E-state index contributed by atoms with van der Waals surface area (Å²) in [5, 5.41) is 11.8. The average Bonchev–Trinajstić information content (AvgIpc) is 3.18. The molecule has 2 aliphatic heterocycles. The number of hydrogen-bond acceptors (Lipinski definition) is 7. The number of carbonyl (C=O) groups excluding carboxylic acids is 2. The van der Waals surface area contributed by atoms with Gasteiger partial charge >= 0.3 is 0 Å². The van der Waals surface area contributed by atoms with E-state index < -0.39 is 17.7 Å². The standard InChI is InChI=1S/C29H28ClN3O5/c1-31(2)19-8-5-17(6-9-19)26-25(27(34)18-7-11-24-22(15-18)32(3)13-14-38-24)28(35)29(36)33(26)20-10-12-23(37-4)21(30)16-20/h5-12,15-16,26,34H,13-14H2,1-4H3/b27-25-. The van der Waals surface area contributed by atoms with E-state index in [0.717, 1.165) is 11.4 Å².